The number of rotatable bonds is 34. The molecule has 0 aliphatic carbocycles. The van der Waals surface area contributed by atoms with Crippen molar-refractivity contribution in [3.63, 3.8) is 0 Å². The summed E-state index contributed by atoms with van der Waals surface area (Å²) < 4.78 is 15.8. The summed E-state index contributed by atoms with van der Waals surface area (Å²) in [5.74, 6) is -5.68. The monoisotopic (exact) mass is 723 g/mol. The van der Waals surface area contributed by atoms with Gasteiger partial charge in [-0.25, -0.2) is 14.4 Å². The van der Waals surface area contributed by atoms with Crippen molar-refractivity contribution < 1.29 is 43.9 Å². The third-order valence-electron chi connectivity index (χ3n) is 9.83. The van der Waals surface area contributed by atoms with E-state index in [9.17, 15) is 19.5 Å². The highest BCUT2D eigenvalue weighted by molar-refractivity contribution is 5.89. The Hall–Kier alpha value is -2.49. The summed E-state index contributed by atoms with van der Waals surface area (Å²) in [6.07, 6.45) is 24.4. The van der Waals surface area contributed by atoms with Crippen molar-refractivity contribution in [3.05, 3.63) is 36.5 Å². The largest absolute Gasteiger partial charge is 0.448 e. The predicted molar refractivity (Wildman–Crippen MR) is 205 cm³/mol. The number of ether oxygens (including phenoxy) is 3. The van der Waals surface area contributed by atoms with Crippen LogP contribution in [0.4, 0.5) is 0 Å². The molecule has 0 saturated heterocycles. The molecule has 3 N–H and O–H groups in total. The molecule has 296 valence electrons. The maximum atomic E-state index is 12.5. The Morgan fingerprint density at radius 1 is 0.529 bits per heavy atom. The molecule has 0 aliphatic heterocycles. The SMILES string of the molecule is C=C(C)C(=O)OC(CCCCCCCC(CC)(CCCCCCCCCO)CCCCCCCCCO)C(O)(OC(=O)C(=C)C)OC(=O)C(=C)C. The molecule has 1 atom stereocenters. The molecule has 0 amide bonds. The normalized spacial score (nSPS) is 12.3. The van der Waals surface area contributed by atoms with E-state index >= 15 is 0 Å². The first kappa shape index (κ1) is 48.5. The van der Waals surface area contributed by atoms with Gasteiger partial charge in [0.25, 0.3) is 0 Å². The van der Waals surface area contributed by atoms with E-state index in [-0.39, 0.29) is 36.4 Å². The van der Waals surface area contributed by atoms with Crippen LogP contribution in [0.3, 0.4) is 0 Å². The molecular formula is C42H74O9. The van der Waals surface area contributed by atoms with E-state index in [0.717, 1.165) is 51.4 Å². The summed E-state index contributed by atoms with van der Waals surface area (Å²) in [6, 6.07) is 0. The highest BCUT2D eigenvalue weighted by Crippen LogP contribution is 2.40. The number of esters is 3. The number of unbranched alkanes of at least 4 members (excludes halogenated alkanes) is 16. The molecule has 9 heteroatoms. The smallest absolute Gasteiger partial charge is 0.413 e. The lowest BCUT2D eigenvalue weighted by Gasteiger charge is -2.34. The predicted octanol–water partition coefficient (Wildman–Crippen LogP) is 9.71. The Balaban J connectivity index is 5.27. The molecule has 0 bridgehead atoms. The van der Waals surface area contributed by atoms with Gasteiger partial charge >= 0.3 is 23.9 Å². The molecule has 0 saturated carbocycles. The average Bonchev–Trinajstić information content (AvgIpc) is 3.08. The average molecular weight is 723 g/mol. The minimum atomic E-state index is -2.86. The number of hydrogen-bond acceptors (Lipinski definition) is 9. The molecular weight excluding hydrogens is 648 g/mol. The van der Waals surface area contributed by atoms with E-state index in [4.69, 9.17) is 24.4 Å². The molecule has 0 spiro atoms. The third kappa shape index (κ3) is 22.9. The molecule has 0 rings (SSSR count). The maximum absolute atomic E-state index is 12.5. The molecule has 0 aromatic carbocycles. The van der Waals surface area contributed by atoms with Crippen LogP contribution in [0.15, 0.2) is 36.5 Å². The van der Waals surface area contributed by atoms with Gasteiger partial charge in [0.1, 0.15) is 0 Å². The van der Waals surface area contributed by atoms with Crippen LogP contribution in [-0.2, 0) is 28.6 Å². The zero-order valence-corrected chi connectivity index (χ0v) is 32.9. The molecule has 0 fully saturated rings. The topological polar surface area (TPSA) is 140 Å². The Morgan fingerprint density at radius 2 is 0.843 bits per heavy atom. The number of hydrogen-bond donors (Lipinski definition) is 3. The molecule has 0 radical (unpaired) electrons. The van der Waals surface area contributed by atoms with E-state index in [2.05, 4.69) is 26.7 Å². The number of aliphatic hydroxyl groups excluding tert-OH is 2. The lowest BCUT2D eigenvalue weighted by atomic mass is 9.72. The van der Waals surface area contributed by atoms with Gasteiger partial charge in [0.15, 0.2) is 0 Å². The van der Waals surface area contributed by atoms with Crippen LogP contribution in [0, 0.1) is 5.41 Å². The third-order valence-corrected chi connectivity index (χ3v) is 9.83. The summed E-state index contributed by atoms with van der Waals surface area (Å²) in [5, 5.41) is 29.3. The Kier molecular flexibility index (Phi) is 27.6. The van der Waals surface area contributed by atoms with Crippen LogP contribution in [0.1, 0.15) is 182 Å². The fourth-order valence-electron chi connectivity index (χ4n) is 6.39. The summed E-state index contributed by atoms with van der Waals surface area (Å²) in [7, 11) is 0. The zero-order valence-electron chi connectivity index (χ0n) is 32.9. The van der Waals surface area contributed by atoms with Crippen molar-refractivity contribution in [2.24, 2.45) is 5.41 Å². The fraction of sp³-hybridized carbons (Fsp3) is 0.786. The first-order valence-electron chi connectivity index (χ1n) is 19.9. The first-order valence-corrected chi connectivity index (χ1v) is 19.9. The minimum Gasteiger partial charge on any atom is -0.448 e. The minimum absolute atomic E-state index is 0.0311. The molecule has 9 nitrogen and oxygen atoms in total. The van der Waals surface area contributed by atoms with Crippen LogP contribution >= 0.6 is 0 Å². The van der Waals surface area contributed by atoms with E-state index < -0.39 is 30.0 Å². The Morgan fingerprint density at radius 3 is 1.16 bits per heavy atom. The van der Waals surface area contributed by atoms with E-state index in [0.29, 0.717) is 11.8 Å². The molecule has 0 aromatic rings. The van der Waals surface area contributed by atoms with Gasteiger partial charge in [0.05, 0.1) is 0 Å². The van der Waals surface area contributed by atoms with Gasteiger partial charge in [-0.2, -0.15) is 0 Å². The van der Waals surface area contributed by atoms with Gasteiger partial charge in [0, 0.05) is 29.9 Å². The van der Waals surface area contributed by atoms with Crippen LogP contribution in [0.25, 0.3) is 0 Å². The van der Waals surface area contributed by atoms with Crippen LogP contribution < -0.4 is 0 Å². The first-order chi connectivity index (χ1) is 24.3. The molecule has 0 aliphatic rings. The van der Waals surface area contributed by atoms with Gasteiger partial charge in [-0.05, 0) is 71.1 Å². The molecule has 1 unspecified atom stereocenters. The standard InChI is InChI=1S/C42H74O9/c1-8-41(29-23-17-11-9-13-20-26-32-43,30-24-18-12-10-14-21-27-33-44)31-25-19-15-16-22-28-37(49-38(45)34(2)3)42(48,50-39(46)35(4)5)51-40(47)36(6)7/h37,43-44,48H,2,4,6,8-33H2,1,3,5,7H3. The van der Waals surface area contributed by atoms with Crippen LogP contribution in [0.5, 0.6) is 0 Å². The second kappa shape index (κ2) is 29.0. The van der Waals surface area contributed by atoms with Crippen molar-refractivity contribution in [2.45, 2.75) is 194 Å². The second-order valence-corrected chi connectivity index (χ2v) is 14.7. The van der Waals surface area contributed by atoms with Gasteiger partial charge in [0.2, 0.25) is 6.10 Å². The van der Waals surface area contributed by atoms with Crippen molar-refractivity contribution in [3.8, 4) is 0 Å². The Labute approximate surface area is 310 Å². The van der Waals surface area contributed by atoms with Gasteiger partial charge in [-0.3, -0.25) is 0 Å². The van der Waals surface area contributed by atoms with E-state index in [1.165, 1.54) is 111 Å². The molecule has 0 aromatic heterocycles. The highest BCUT2D eigenvalue weighted by atomic mass is 16.9. The quantitative estimate of drug-likeness (QED) is 0.0256. The van der Waals surface area contributed by atoms with E-state index in [1.54, 1.807) is 0 Å². The van der Waals surface area contributed by atoms with Crippen molar-refractivity contribution in [2.75, 3.05) is 13.2 Å². The van der Waals surface area contributed by atoms with Crippen molar-refractivity contribution >= 4 is 17.9 Å². The van der Waals surface area contributed by atoms with Crippen LogP contribution in [0.2, 0.25) is 0 Å². The van der Waals surface area contributed by atoms with E-state index in [1.807, 2.05) is 0 Å². The molecule has 0 heterocycles. The lowest BCUT2D eigenvalue weighted by Crippen LogP contribution is -2.52. The number of carbonyl (C=O) groups is 3. The Bertz CT molecular complexity index is 970. The van der Waals surface area contributed by atoms with Crippen molar-refractivity contribution in [1.82, 2.24) is 0 Å². The van der Waals surface area contributed by atoms with Gasteiger partial charge < -0.3 is 29.5 Å². The molecule has 51 heavy (non-hydrogen) atoms. The summed E-state index contributed by atoms with van der Waals surface area (Å²) in [6.45, 7) is 17.8. The highest BCUT2D eigenvalue weighted by Gasteiger charge is 2.48. The van der Waals surface area contributed by atoms with Crippen LogP contribution in [-0.4, -0.2) is 58.5 Å². The number of carbonyl (C=O) groups excluding carboxylic acids is 3. The summed E-state index contributed by atoms with van der Waals surface area (Å²) in [5.41, 5.74) is 0.370. The second-order valence-electron chi connectivity index (χ2n) is 14.7. The number of aliphatic hydroxyl groups is 3. The zero-order chi connectivity index (χ0) is 38.5. The summed E-state index contributed by atoms with van der Waals surface area (Å²) in [4.78, 5) is 37.3. The summed E-state index contributed by atoms with van der Waals surface area (Å²) >= 11 is 0. The van der Waals surface area contributed by atoms with Gasteiger partial charge in [-0.1, -0.05) is 136 Å². The van der Waals surface area contributed by atoms with Crippen molar-refractivity contribution in [1.29, 1.82) is 0 Å². The lowest BCUT2D eigenvalue weighted by molar-refractivity contribution is -0.359. The van der Waals surface area contributed by atoms with Gasteiger partial charge in [-0.15, -0.1) is 0 Å². The fourth-order valence-corrected chi connectivity index (χ4v) is 6.39. The maximum Gasteiger partial charge on any atom is 0.413 e.